The number of urea groups is 1. The molecule has 0 radical (unpaired) electrons. The van der Waals surface area contributed by atoms with Crippen molar-refractivity contribution < 1.29 is 23.7 Å². The van der Waals surface area contributed by atoms with Gasteiger partial charge in [0.25, 0.3) is 0 Å². The molecule has 0 saturated carbocycles. The Labute approximate surface area is 128 Å². The van der Waals surface area contributed by atoms with E-state index in [2.05, 4.69) is 10.6 Å². The first-order chi connectivity index (χ1) is 10.8. The van der Waals surface area contributed by atoms with Crippen LogP contribution >= 0.6 is 0 Å². The molecule has 2 heterocycles. The standard InChI is InChI=1S/C15H20N2O5/c18-15(17-8-11-3-5-19-9-11)16-4-6-20-12-1-2-13-14(7-12)22-10-21-13/h1-2,7,11H,3-6,8-10H2,(H2,16,17,18). The third kappa shape index (κ3) is 3.94. The van der Waals surface area contributed by atoms with Crippen molar-refractivity contribution in [2.24, 2.45) is 5.92 Å². The fourth-order valence-corrected chi connectivity index (χ4v) is 2.34. The molecule has 0 aromatic heterocycles. The first kappa shape index (κ1) is 14.8. The van der Waals surface area contributed by atoms with Gasteiger partial charge in [0, 0.05) is 25.1 Å². The van der Waals surface area contributed by atoms with Crippen LogP contribution in [0.3, 0.4) is 0 Å². The molecule has 0 spiro atoms. The van der Waals surface area contributed by atoms with E-state index >= 15 is 0 Å². The number of hydrogen-bond donors (Lipinski definition) is 2. The summed E-state index contributed by atoms with van der Waals surface area (Å²) in [5.74, 6) is 2.52. The molecular weight excluding hydrogens is 288 g/mol. The summed E-state index contributed by atoms with van der Waals surface area (Å²) in [6, 6.07) is 5.22. The van der Waals surface area contributed by atoms with Gasteiger partial charge in [0.1, 0.15) is 12.4 Å². The number of rotatable bonds is 6. The number of fused-ring (bicyclic) bond motifs is 1. The van der Waals surface area contributed by atoms with Crippen molar-refractivity contribution in [3.63, 3.8) is 0 Å². The van der Waals surface area contributed by atoms with Crippen LogP contribution in [0.2, 0.25) is 0 Å². The molecular formula is C15H20N2O5. The molecule has 7 heteroatoms. The second-order valence-corrected chi connectivity index (χ2v) is 5.23. The van der Waals surface area contributed by atoms with Crippen LogP contribution in [0.25, 0.3) is 0 Å². The maximum Gasteiger partial charge on any atom is 0.314 e. The molecule has 0 bridgehead atoms. The number of carbonyl (C=O) groups excluding carboxylic acids is 1. The topological polar surface area (TPSA) is 78.1 Å². The summed E-state index contributed by atoms with van der Waals surface area (Å²) in [5.41, 5.74) is 0. The lowest BCUT2D eigenvalue weighted by Crippen LogP contribution is -2.40. The van der Waals surface area contributed by atoms with Crippen LogP contribution in [-0.2, 0) is 4.74 Å². The molecule has 2 aliphatic rings. The highest BCUT2D eigenvalue weighted by Gasteiger charge is 2.16. The molecule has 120 valence electrons. The van der Waals surface area contributed by atoms with E-state index in [1.807, 2.05) is 12.1 Å². The van der Waals surface area contributed by atoms with Crippen LogP contribution < -0.4 is 24.8 Å². The number of hydrogen-bond acceptors (Lipinski definition) is 5. The number of carbonyl (C=O) groups is 1. The van der Waals surface area contributed by atoms with E-state index in [1.165, 1.54) is 0 Å². The Hall–Kier alpha value is -2.15. The van der Waals surface area contributed by atoms with Gasteiger partial charge in [-0.3, -0.25) is 0 Å². The average molecular weight is 308 g/mol. The lowest BCUT2D eigenvalue weighted by molar-refractivity contribution is 0.173. The van der Waals surface area contributed by atoms with Gasteiger partial charge in [-0.15, -0.1) is 0 Å². The minimum atomic E-state index is -0.179. The molecule has 0 aliphatic carbocycles. The van der Waals surface area contributed by atoms with Gasteiger partial charge >= 0.3 is 6.03 Å². The van der Waals surface area contributed by atoms with Crippen molar-refractivity contribution in [2.45, 2.75) is 6.42 Å². The van der Waals surface area contributed by atoms with Crippen molar-refractivity contribution in [1.82, 2.24) is 10.6 Å². The molecule has 22 heavy (non-hydrogen) atoms. The molecule has 1 unspecified atom stereocenters. The first-order valence-electron chi connectivity index (χ1n) is 7.43. The summed E-state index contributed by atoms with van der Waals surface area (Å²) in [6.07, 6.45) is 1.01. The van der Waals surface area contributed by atoms with Gasteiger partial charge in [0.15, 0.2) is 11.5 Å². The highest BCUT2D eigenvalue weighted by molar-refractivity contribution is 5.73. The zero-order valence-corrected chi connectivity index (χ0v) is 12.3. The molecule has 2 amide bonds. The fraction of sp³-hybridized carbons (Fsp3) is 0.533. The van der Waals surface area contributed by atoms with Crippen molar-refractivity contribution in [3.05, 3.63) is 18.2 Å². The van der Waals surface area contributed by atoms with Gasteiger partial charge in [-0.2, -0.15) is 0 Å². The van der Waals surface area contributed by atoms with Gasteiger partial charge in [-0.1, -0.05) is 0 Å². The number of nitrogens with one attached hydrogen (secondary N) is 2. The maximum atomic E-state index is 11.6. The van der Waals surface area contributed by atoms with Gasteiger partial charge in [-0.05, 0) is 18.6 Å². The minimum Gasteiger partial charge on any atom is -0.492 e. The van der Waals surface area contributed by atoms with Crippen molar-refractivity contribution >= 4 is 6.03 Å². The molecule has 1 aromatic rings. The smallest absolute Gasteiger partial charge is 0.314 e. The molecule has 3 rings (SSSR count). The summed E-state index contributed by atoms with van der Waals surface area (Å²) in [5, 5.41) is 5.59. The van der Waals surface area contributed by atoms with E-state index in [9.17, 15) is 4.79 Å². The van der Waals surface area contributed by atoms with E-state index < -0.39 is 0 Å². The maximum absolute atomic E-state index is 11.6. The Morgan fingerprint density at radius 3 is 3.05 bits per heavy atom. The summed E-state index contributed by atoms with van der Waals surface area (Å²) in [7, 11) is 0. The second kappa shape index (κ2) is 7.22. The average Bonchev–Trinajstić information content (AvgIpc) is 3.20. The lowest BCUT2D eigenvalue weighted by Gasteiger charge is -2.11. The van der Waals surface area contributed by atoms with Crippen LogP contribution in [0.4, 0.5) is 4.79 Å². The van der Waals surface area contributed by atoms with Crippen LogP contribution in [0.5, 0.6) is 17.2 Å². The Bertz CT molecular complexity index is 517. The Morgan fingerprint density at radius 2 is 2.18 bits per heavy atom. The van der Waals surface area contributed by atoms with Crippen LogP contribution in [0.15, 0.2) is 18.2 Å². The molecule has 1 atom stereocenters. The summed E-state index contributed by atoms with van der Waals surface area (Å²) in [6.45, 7) is 3.23. The van der Waals surface area contributed by atoms with Gasteiger partial charge in [0.05, 0.1) is 13.2 Å². The van der Waals surface area contributed by atoms with E-state index in [-0.39, 0.29) is 12.8 Å². The normalized spacial score (nSPS) is 19.0. The molecule has 1 saturated heterocycles. The van der Waals surface area contributed by atoms with Crippen molar-refractivity contribution in [2.75, 3.05) is 39.7 Å². The highest BCUT2D eigenvalue weighted by Crippen LogP contribution is 2.34. The molecule has 2 aliphatic heterocycles. The van der Waals surface area contributed by atoms with Crippen molar-refractivity contribution in [1.29, 1.82) is 0 Å². The Balaban J connectivity index is 1.30. The summed E-state index contributed by atoms with van der Waals surface area (Å²) < 4.78 is 21.3. The first-order valence-corrected chi connectivity index (χ1v) is 7.43. The van der Waals surface area contributed by atoms with E-state index in [0.717, 1.165) is 25.4 Å². The largest absolute Gasteiger partial charge is 0.492 e. The third-order valence-electron chi connectivity index (χ3n) is 3.58. The Morgan fingerprint density at radius 1 is 1.27 bits per heavy atom. The van der Waals surface area contributed by atoms with Gasteiger partial charge < -0.3 is 29.6 Å². The monoisotopic (exact) mass is 308 g/mol. The van der Waals surface area contributed by atoms with Crippen LogP contribution in [0.1, 0.15) is 6.42 Å². The number of amides is 2. The van der Waals surface area contributed by atoms with E-state index in [0.29, 0.717) is 37.1 Å². The van der Waals surface area contributed by atoms with Gasteiger partial charge in [0.2, 0.25) is 6.79 Å². The molecule has 2 N–H and O–H groups in total. The molecule has 1 aromatic carbocycles. The number of ether oxygens (including phenoxy) is 4. The van der Waals surface area contributed by atoms with Gasteiger partial charge in [-0.25, -0.2) is 4.79 Å². The quantitative estimate of drug-likeness (QED) is 0.770. The summed E-state index contributed by atoms with van der Waals surface area (Å²) in [4.78, 5) is 11.6. The lowest BCUT2D eigenvalue weighted by atomic mass is 10.1. The predicted octanol–water partition coefficient (Wildman–Crippen LogP) is 1.13. The van der Waals surface area contributed by atoms with E-state index in [4.69, 9.17) is 18.9 Å². The SMILES string of the molecule is O=C(NCCOc1ccc2c(c1)OCO2)NCC1CCOC1. The molecule has 1 fully saturated rings. The Kier molecular flexibility index (Phi) is 4.85. The third-order valence-corrected chi connectivity index (χ3v) is 3.58. The van der Waals surface area contributed by atoms with Crippen LogP contribution in [-0.4, -0.2) is 45.7 Å². The zero-order valence-electron chi connectivity index (χ0n) is 12.3. The minimum absolute atomic E-state index is 0.179. The second-order valence-electron chi connectivity index (χ2n) is 5.23. The van der Waals surface area contributed by atoms with Crippen molar-refractivity contribution in [3.8, 4) is 17.2 Å². The number of benzene rings is 1. The predicted molar refractivity (Wildman–Crippen MR) is 78.4 cm³/mol. The van der Waals surface area contributed by atoms with Crippen LogP contribution in [0, 0.1) is 5.92 Å². The fourth-order valence-electron chi connectivity index (χ4n) is 2.34. The summed E-state index contributed by atoms with van der Waals surface area (Å²) >= 11 is 0. The molecule has 7 nitrogen and oxygen atoms in total. The zero-order chi connectivity index (χ0) is 15.2. The van der Waals surface area contributed by atoms with E-state index in [1.54, 1.807) is 6.07 Å². The highest BCUT2D eigenvalue weighted by atomic mass is 16.7.